The Hall–Kier alpha value is -3.55. The summed E-state index contributed by atoms with van der Waals surface area (Å²) >= 11 is 0. The van der Waals surface area contributed by atoms with Gasteiger partial charge in [0.05, 0.1) is 28.2 Å². The number of hydrogen-bond donors (Lipinski definition) is 0. The summed E-state index contributed by atoms with van der Waals surface area (Å²) in [5, 5.41) is 15.2. The lowest BCUT2D eigenvalue weighted by Gasteiger charge is -2.29. The van der Waals surface area contributed by atoms with Gasteiger partial charge in [0, 0.05) is 29.5 Å². The van der Waals surface area contributed by atoms with Gasteiger partial charge in [-0.05, 0) is 36.6 Å². The number of para-hydroxylation sites is 1. The topological polar surface area (TPSA) is 102 Å². The summed E-state index contributed by atoms with van der Waals surface area (Å²) in [4.78, 5) is 44.1. The number of hydrogen-bond acceptors (Lipinski definition) is 6. The molecule has 0 spiro atoms. The number of fused-ring (bicyclic) bond motifs is 8. The molecule has 150 valence electrons. The van der Waals surface area contributed by atoms with Crippen LogP contribution in [0.3, 0.4) is 0 Å². The van der Waals surface area contributed by atoms with Gasteiger partial charge in [-0.3, -0.25) is 24.6 Å². The first kappa shape index (κ1) is 17.3. The molecule has 2 aromatic rings. The molecule has 0 unspecified atom stereocenters. The highest BCUT2D eigenvalue weighted by Crippen LogP contribution is 2.62. The highest BCUT2D eigenvalue weighted by Gasteiger charge is 2.70. The first-order valence-electron chi connectivity index (χ1n) is 9.97. The maximum Gasteiger partial charge on any atom is 0.269 e. The third-order valence-corrected chi connectivity index (χ3v) is 7.08. The van der Waals surface area contributed by atoms with Crippen LogP contribution < -0.4 is 4.90 Å². The number of nitro groups is 1. The number of anilines is 1. The number of carbonyl (C=O) groups is 2. The summed E-state index contributed by atoms with van der Waals surface area (Å²) in [6.45, 7) is 0. The van der Waals surface area contributed by atoms with Crippen molar-refractivity contribution in [3.63, 3.8) is 0 Å². The molecule has 4 aliphatic rings. The molecule has 8 nitrogen and oxygen atoms in total. The summed E-state index contributed by atoms with van der Waals surface area (Å²) in [7, 11) is 0. The van der Waals surface area contributed by atoms with Gasteiger partial charge in [-0.2, -0.15) is 0 Å². The standard InChI is InChI=1S/C22H17N3O5/c26-21-16-14-10-15(17(16)22(27)24(21)12-4-2-1-3-5-12)20-18(14)19(23-30-20)11-6-8-13(9-7-11)25(28)29/h1-9,14-18,20H,10H2/t14-,15-,16+,17-,18-,20+/m0/s1. The molecule has 6 atom stereocenters. The van der Waals surface area contributed by atoms with Crippen molar-refractivity contribution in [1.82, 2.24) is 0 Å². The number of nitro benzene ring substituents is 1. The Morgan fingerprint density at radius 3 is 2.27 bits per heavy atom. The number of oxime groups is 1. The van der Waals surface area contributed by atoms with Gasteiger partial charge in [-0.25, -0.2) is 0 Å². The predicted octanol–water partition coefficient (Wildman–Crippen LogP) is 2.77. The zero-order valence-corrected chi connectivity index (χ0v) is 15.8. The fourth-order valence-electron chi connectivity index (χ4n) is 5.95. The minimum atomic E-state index is -0.442. The third-order valence-electron chi connectivity index (χ3n) is 7.08. The fourth-order valence-corrected chi connectivity index (χ4v) is 5.95. The third kappa shape index (κ3) is 2.13. The Morgan fingerprint density at radius 1 is 0.933 bits per heavy atom. The smallest absolute Gasteiger partial charge is 0.269 e. The van der Waals surface area contributed by atoms with Crippen molar-refractivity contribution in [1.29, 1.82) is 0 Å². The number of amides is 2. The number of imide groups is 1. The molecule has 2 heterocycles. The van der Waals surface area contributed by atoms with Crippen molar-refractivity contribution >= 4 is 28.9 Å². The van der Waals surface area contributed by atoms with E-state index in [4.69, 9.17) is 4.84 Å². The first-order valence-corrected chi connectivity index (χ1v) is 9.97. The lowest BCUT2D eigenvalue weighted by Crippen LogP contribution is -2.41. The zero-order valence-electron chi connectivity index (χ0n) is 15.8. The van der Waals surface area contributed by atoms with E-state index in [0.29, 0.717) is 5.69 Å². The quantitative estimate of drug-likeness (QED) is 0.445. The Labute approximate surface area is 171 Å². The Balaban J connectivity index is 1.33. The molecule has 6 rings (SSSR count). The molecule has 1 saturated heterocycles. The van der Waals surface area contributed by atoms with Crippen molar-refractivity contribution < 1.29 is 19.3 Å². The molecule has 30 heavy (non-hydrogen) atoms. The number of rotatable bonds is 3. The molecule has 2 aliphatic heterocycles. The second kappa shape index (κ2) is 5.98. The highest BCUT2D eigenvalue weighted by molar-refractivity contribution is 6.23. The van der Waals surface area contributed by atoms with Gasteiger partial charge in [0.15, 0.2) is 0 Å². The lowest BCUT2D eigenvalue weighted by molar-refractivity contribution is -0.384. The summed E-state index contributed by atoms with van der Waals surface area (Å²) in [6, 6.07) is 15.3. The Bertz CT molecular complexity index is 1110. The summed E-state index contributed by atoms with van der Waals surface area (Å²) < 4.78 is 0. The van der Waals surface area contributed by atoms with Gasteiger partial charge in [0.1, 0.15) is 6.10 Å². The van der Waals surface area contributed by atoms with Crippen LogP contribution in [0.25, 0.3) is 0 Å². The average Bonchev–Trinajstić information content (AvgIpc) is 3.49. The predicted molar refractivity (Wildman–Crippen MR) is 106 cm³/mol. The van der Waals surface area contributed by atoms with E-state index in [9.17, 15) is 19.7 Å². The van der Waals surface area contributed by atoms with Crippen LogP contribution in [0.4, 0.5) is 11.4 Å². The van der Waals surface area contributed by atoms with Crippen LogP contribution in [0.2, 0.25) is 0 Å². The average molecular weight is 403 g/mol. The Morgan fingerprint density at radius 2 is 1.60 bits per heavy atom. The van der Waals surface area contributed by atoms with Gasteiger partial charge < -0.3 is 4.84 Å². The van der Waals surface area contributed by atoms with E-state index in [-0.39, 0.29) is 53.2 Å². The van der Waals surface area contributed by atoms with Crippen molar-refractivity contribution in [2.45, 2.75) is 12.5 Å². The van der Waals surface area contributed by atoms with E-state index < -0.39 is 4.92 Å². The monoisotopic (exact) mass is 403 g/mol. The number of carbonyl (C=O) groups excluding carboxylic acids is 2. The molecule has 0 radical (unpaired) electrons. The molecule has 2 amide bonds. The van der Waals surface area contributed by atoms with Crippen LogP contribution in [0.1, 0.15) is 12.0 Å². The zero-order chi connectivity index (χ0) is 20.6. The van der Waals surface area contributed by atoms with Gasteiger partial charge in [-0.1, -0.05) is 23.4 Å². The van der Waals surface area contributed by atoms with E-state index in [1.54, 1.807) is 24.3 Å². The molecule has 0 N–H and O–H groups in total. The van der Waals surface area contributed by atoms with E-state index in [1.807, 2.05) is 18.2 Å². The normalized spacial score (nSPS) is 33.3. The second-order valence-corrected chi connectivity index (χ2v) is 8.34. The maximum atomic E-state index is 13.3. The fraction of sp³-hybridized carbons (Fsp3) is 0.318. The number of nitrogens with zero attached hydrogens (tertiary/aromatic N) is 3. The maximum absolute atomic E-state index is 13.3. The Kier molecular flexibility index (Phi) is 3.45. The molecular formula is C22H17N3O5. The van der Waals surface area contributed by atoms with Gasteiger partial charge in [-0.15, -0.1) is 0 Å². The summed E-state index contributed by atoms with van der Waals surface area (Å²) in [5.74, 6) is -1.16. The summed E-state index contributed by atoms with van der Waals surface area (Å²) in [6.07, 6.45) is 0.533. The van der Waals surface area contributed by atoms with Gasteiger partial charge >= 0.3 is 0 Å². The molecule has 2 aromatic carbocycles. The van der Waals surface area contributed by atoms with Crippen molar-refractivity contribution in [2.24, 2.45) is 34.7 Å². The molecule has 2 saturated carbocycles. The van der Waals surface area contributed by atoms with Gasteiger partial charge in [0.2, 0.25) is 11.8 Å². The van der Waals surface area contributed by atoms with E-state index in [2.05, 4.69) is 5.16 Å². The SMILES string of the molecule is O=C1[C@@H]2[C@@H]3C[C@H]([C@H]4ON=C(c5ccc([N+](=O)[O-])cc5)[C@H]34)[C@@H]2C(=O)N1c1ccccc1. The van der Waals surface area contributed by atoms with Crippen LogP contribution in [-0.2, 0) is 14.4 Å². The molecule has 0 aromatic heterocycles. The van der Waals surface area contributed by atoms with Crippen LogP contribution in [0.15, 0.2) is 59.8 Å². The van der Waals surface area contributed by atoms with Crippen molar-refractivity contribution in [3.05, 3.63) is 70.3 Å². The van der Waals surface area contributed by atoms with Crippen LogP contribution in [-0.4, -0.2) is 28.6 Å². The molecule has 8 heteroatoms. The largest absolute Gasteiger partial charge is 0.391 e. The molecule has 2 bridgehead atoms. The minimum absolute atomic E-state index is 0.0119. The first-order chi connectivity index (χ1) is 14.6. The van der Waals surface area contributed by atoms with Crippen molar-refractivity contribution in [3.8, 4) is 0 Å². The summed E-state index contributed by atoms with van der Waals surface area (Å²) in [5.41, 5.74) is 2.10. The van der Waals surface area contributed by atoms with Crippen LogP contribution in [0.5, 0.6) is 0 Å². The van der Waals surface area contributed by atoms with Crippen molar-refractivity contribution in [2.75, 3.05) is 4.90 Å². The van der Waals surface area contributed by atoms with E-state index >= 15 is 0 Å². The van der Waals surface area contributed by atoms with Crippen LogP contribution in [0, 0.1) is 39.7 Å². The van der Waals surface area contributed by atoms with Gasteiger partial charge in [0.25, 0.3) is 5.69 Å². The van der Waals surface area contributed by atoms with E-state index in [1.165, 1.54) is 17.0 Å². The highest BCUT2D eigenvalue weighted by atomic mass is 16.6. The molecular weight excluding hydrogens is 386 g/mol. The lowest BCUT2D eigenvalue weighted by atomic mass is 9.71. The minimum Gasteiger partial charge on any atom is -0.391 e. The van der Waals surface area contributed by atoms with E-state index in [0.717, 1.165) is 17.7 Å². The number of non-ortho nitro benzene ring substituents is 1. The molecule has 3 fully saturated rings. The second-order valence-electron chi connectivity index (χ2n) is 8.34. The van der Waals surface area contributed by atoms with Crippen LogP contribution >= 0.6 is 0 Å². The number of benzene rings is 2. The molecule has 2 aliphatic carbocycles.